The molecule has 1 N–H and O–H groups in total. The van der Waals surface area contributed by atoms with Gasteiger partial charge in [0, 0.05) is 16.9 Å². The van der Waals surface area contributed by atoms with Crippen molar-refractivity contribution in [1.82, 2.24) is 15.2 Å². The molecule has 0 atom stereocenters. The van der Waals surface area contributed by atoms with Gasteiger partial charge in [0.25, 0.3) is 5.22 Å². The van der Waals surface area contributed by atoms with E-state index in [0.29, 0.717) is 15.9 Å². The van der Waals surface area contributed by atoms with Crippen LogP contribution in [0, 0.1) is 5.82 Å². The van der Waals surface area contributed by atoms with E-state index >= 15 is 0 Å². The van der Waals surface area contributed by atoms with Crippen molar-refractivity contribution in [3.8, 4) is 11.5 Å². The molecule has 24 heavy (non-hydrogen) atoms. The Morgan fingerprint density at radius 2 is 2.21 bits per heavy atom. The van der Waals surface area contributed by atoms with Gasteiger partial charge in [0.05, 0.1) is 17.0 Å². The monoisotopic (exact) mass is 408 g/mol. The van der Waals surface area contributed by atoms with Gasteiger partial charge in [-0.2, -0.15) is 0 Å². The van der Waals surface area contributed by atoms with Crippen LogP contribution in [-0.2, 0) is 4.79 Å². The number of nitrogens with zero attached hydrogens (tertiary/aromatic N) is 3. The molecule has 0 saturated heterocycles. The molecule has 1 aromatic carbocycles. The van der Waals surface area contributed by atoms with Gasteiger partial charge < -0.3 is 9.73 Å². The fourth-order valence-corrected chi connectivity index (χ4v) is 2.67. The molecular weight excluding hydrogens is 399 g/mol. The number of amides is 1. The number of aromatic nitrogens is 3. The summed E-state index contributed by atoms with van der Waals surface area (Å²) >= 11 is 4.22. The maximum Gasteiger partial charge on any atom is 0.277 e. The lowest BCUT2D eigenvalue weighted by molar-refractivity contribution is -0.113. The van der Waals surface area contributed by atoms with Crippen LogP contribution in [0.3, 0.4) is 0 Å². The summed E-state index contributed by atoms with van der Waals surface area (Å²) in [6.45, 7) is 0. The zero-order valence-electron chi connectivity index (χ0n) is 12.1. The second-order valence-corrected chi connectivity index (χ2v) is 6.42. The molecule has 0 aliphatic rings. The first-order valence-corrected chi connectivity index (χ1v) is 8.51. The average Bonchev–Trinajstić information content (AvgIpc) is 3.05. The molecule has 0 bridgehead atoms. The highest BCUT2D eigenvalue weighted by molar-refractivity contribution is 9.10. The molecule has 0 aliphatic heterocycles. The summed E-state index contributed by atoms with van der Waals surface area (Å²) in [6.07, 6.45) is 3.24. The number of pyridine rings is 1. The third-order valence-corrected chi connectivity index (χ3v) is 4.16. The van der Waals surface area contributed by atoms with E-state index < -0.39 is 5.82 Å². The standard InChI is InChI=1S/C15H10BrFN4O2S/c16-10-3-4-12(11(17)6-10)19-13(22)8-24-15-21-20-14(23-15)9-2-1-5-18-7-9/h1-7H,8H2,(H,19,22). The quantitative estimate of drug-likeness (QED) is 0.647. The van der Waals surface area contributed by atoms with Crippen LogP contribution in [0.25, 0.3) is 11.5 Å². The number of thioether (sulfide) groups is 1. The third kappa shape index (κ3) is 4.18. The molecule has 0 saturated carbocycles. The maximum absolute atomic E-state index is 13.7. The van der Waals surface area contributed by atoms with E-state index in [1.165, 1.54) is 12.1 Å². The predicted molar refractivity (Wildman–Crippen MR) is 91.0 cm³/mol. The van der Waals surface area contributed by atoms with E-state index in [4.69, 9.17) is 4.42 Å². The second kappa shape index (κ2) is 7.54. The zero-order chi connectivity index (χ0) is 16.9. The largest absolute Gasteiger partial charge is 0.411 e. The molecule has 2 aromatic heterocycles. The Bertz CT molecular complexity index is 860. The Labute approximate surface area is 149 Å². The Morgan fingerprint density at radius 3 is 2.96 bits per heavy atom. The maximum atomic E-state index is 13.7. The molecule has 122 valence electrons. The number of carbonyl (C=O) groups is 1. The van der Waals surface area contributed by atoms with Crippen LogP contribution >= 0.6 is 27.7 Å². The van der Waals surface area contributed by atoms with Crippen molar-refractivity contribution in [3.05, 3.63) is 53.0 Å². The van der Waals surface area contributed by atoms with Crippen LogP contribution in [-0.4, -0.2) is 26.8 Å². The summed E-state index contributed by atoms with van der Waals surface area (Å²) in [5.41, 5.74) is 0.809. The molecule has 2 heterocycles. The van der Waals surface area contributed by atoms with Crippen LogP contribution in [0.5, 0.6) is 0 Å². The van der Waals surface area contributed by atoms with Gasteiger partial charge >= 0.3 is 0 Å². The average molecular weight is 409 g/mol. The van der Waals surface area contributed by atoms with E-state index in [0.717, 1.165) is 11.8 Å². The Morgan fingerprint density at radius 1 is 1.33 bits per heavy atom. The molecule has 0 spiro atoms. The summed E-state index contributed by atoms with van der Waals surface area (Å²) < 4.78 is 19.7. The highest BCUT2D eigenvalue weighted by atomic mass is 79.9. The van der Waals surface area contributed by atoms with Crippen LogP contribution in [0.4, 0.5) is 10.1 Å². The molecule has 0 fully saturated rings. The van der Waals surface area contributed by atoms with E-state index in [9.17, 15) is 9.18 Å². The first-order chi connectivity index (χ1) is 11.6. The fourth-order valence-electron chi connectivity index (χ4n) is 1.78. The minimum atomic E-state index is -0.514. The topological polar surface area (TPSA) is 80.9 Å². The van der Waals surface area contributed by atoms with Crippen LogP contribution < -0.4 is 5.32 Å². The lowest BCUT2D eigenvalue weighted by Crippen LogP contribution is -2.15. The van der Waals surface area contributed by atoms with Crippen molar-refractivity contribution in [2.45, 2.75) is 5.22 Å². The van der Waals surface area contributed by atoms with Crippen molar-refractivity contribution in [2.24, 2.45) is 0 Å². The van der Waals surface area contributed by atoms with Crippen LogP contribution in [0.15, 0.2) is 56.8 Å². The Kier molecular flexibility index (Phi) is 5.21. The van der Waals surface area contributed by atoms with Gasteiger partial charge in [-0.25, -0.2) is 4.39 Å². The van der Waals surface area contributed by atoms with Gasteiger partial charge in [0.15, 0.2) is 0 Å². The molecule has 1 amide bonds. The number of hydrogen-bond acceptors (Lipinski definition) is 6. The van der Waals surface area contributed by atoms with E-state index in [1.807, 2.05) is 0 Å². The van der Waals surface area contributed by atoms with Gasteiger partial charge in [0.1, 0.15) is 5.82 Å². The van der Waals surface area contributed by atoms with Gasteiger partial charge in [-0.15, -0.1) is 10.2 Å². The van der Waals surface area contributed by atoms with Crippen molar-refractivity contribution in [1.29, 1.82) is 0 Å². The first-order valence-electron chi connectivity index (χ1n) is 6.73. The van der Waals surface area contributed by atoms with Gasteiger partial charge in [-0.3, -0.25) is 9.78 Å². The predicted octanol–water partition coefficient (Wildman–Crippen LogP) is 3.76. The van der Waals surface area contributed by atoms with Gasteiger partial charge in [-0.05, 0) is 30.3 Å². The van der Waals surface area contributed by atoms with Gasteiger partial charge in [-0.1, -0.05) is 27.7 Å². The summed E-state index contributed by atoms with van der Waals surface area (Å²) in [5, 5.41) is 10.5. The van der Waals surface area contributed by atoms with Crippen LogP contribution in [0.1, 0.15) is 0 Å². The van der Waals surface area contributed by atoms with E-state index in [2.05, 4.69) is 36.4 Å². The van der Waals surface area contributed by atoms with E-state index in [-0.39, 0.29) is 22.6 Å². The number of anilines is 1. The number of nitrogens with one attached hydrogen (secondary N) is 1. The summed E-state index contributed by atoms with van der Waals surface area (Å²) in [7, 11) is 0. The van der Waals surface area contributed by atoms with Crippen molar-refractivity contribution in [2.75, 3.05) is 11.1 Å². The molecule has 9 heteroatoms. The number of benzene rings is 1. The number of hydrogen-bond donors (Lipinski definition) is 1. The van der Waals surface area contributed by atoms with E-state index in [1.54, 1.807) is 30.6 Å². The molecule has 3 rings (SSSR count). The molecule has 0 unspecified atom stereocenters. The van der Waals surface area contributed by atoms with Crippen molar-refractivity contribution in [3.63, 3.8) is 0 Å². The van der Waals surface area contributed by atoms with Crippen molar-refractivity contribution < 1.29 is 13.6 Å². The molecule has 3 aromatic rings. The second-order valence-electron chi connectivity index (χ2n) is 4.58. The zero-order valence-corrected chi connectivity index (χ0v) is 14.5. The number of rotatable bonds is 5. The van der Waals surface area contributed by atoms with Crippen molar-refractivity contribution >= 4 is 39.3 Å². The lowest BCUT2D eigenvalue weighted by Gasteiger charge is -2.05. The van der Waals surface area contributed by atoms with Gasteiger partial charge in [0.2, 0.25) is 11.8 Å². The molecular formula is C15H10BrFN4O2S. The Balaban J connectivity index is 1.58. The Hall–Kier alpha value is -2.26. The highest BCUT2D eigenvalue weighted by Crippen LogP contribution is 2.23. The highest BCUT2D eigenvalue weighted by Gasteiger charge is 2.12. The molecule has 0 radical (unpaired) electrons. The minimum absolute atomic E-state index is 0.0180. The summed E-state index contributed by atoms with van der Waals surface area (Å²) in [5.74, 6) is -0.545. The normalized spacial score (nSPS) is 10.6. The number of carbonyl (C=O) groups excluding carboxylic acids is 1. The first kappa shape index (κ1) is 16.6. The lowest BCUT2D eigenvalue weighted by atomic mass is 10.3. The van der Waals surface area contributed by atoms with Crippen LogP contribution in [0.2, 0.25) is 0 Å². The smallest absolute Gasteiger partial charge is 0.277 e. The third-order valence-electron chi connectivity index (χ3n) is 2.85. The minimum Gasteiger partial charge on any atom is -0.411 e. The summed E-state index contributed by atoms with van der Waals surface area (Å²) in [4.78, 5) is 15.9. The molecule has 0 aliphatic carbocycles. The molecule has 6 nitrogen and oxygen atoms in total. The number of halogens is 2. The fraction of sp³-hybridized carbons (Fsp3) is 0.0667. The SMILES string of the molecule is O=C(CSc1nnc(-c2cccnc2)o1)Nc1ccc(Br)cc1F. The summed E-state index contributed by atoms with van der Waals surface area (Å²) in [6, 6.07) is 7.95.